The first kappa shape index (κ1) is 15.5. The topological polar surface area (TPSA) is 51.4 Å². The maximum absolute atomic E-state index is 6.23. The van der Waals surface area contributed by atoms with Gasteiger partial charge in [0.05, 0.1) is 13.2 Å². The third-order valence-corrected chi connectivity index (χ3v) is 3.59. The first-order chi connectivity index (χ1) is 10.1. The first-order valence-electron chi connectivity index (χ1n) is 7.11. The summed E-state index contributed by atoms with van der Waals surface area (Å²) < 4.78 is 5.48. The maximum atomic E-state index is 6.23. The Morgan fingerprint density at radius 1 is 1.24 bits per heavy atom. The van der Waals surface area contributed by atoms with E-state index in [1.165, 1.54) is 5.56 Å². The van der Waals surface area contributed by atoms with Crippen LogP contribution in [0.1, 0.15) is 24.1 Å². The average Bonchev–Trinajstić information content (AvgIpc) is 2.48. The quantitative estimate of drug-likeness (QED) is 0.886. The number of pyridine rings is 1. The Morgan fingerprint density at radius 3 is 2.62 bits per heavy atom. The summed E-state index contributed by atoms with van der Waals surface area (Å²) in [6.45, 7) is 2.81. The lowest BCUT2D eigenvalue weighted by Crippen LogP contribution is -2.37. The van der Waals surface area contributed by atoms with E-state index in [9.17, 15) is 0 Å². The lowest BCUT2D eigenvalue weighted by atomic mass is 9.98. The smallest absolute Gasteiger partial charge is 0.123 e. The van der Waals surface area contributed by atoms with Crippen LogP contribution in [-0.2, 0) is 6.54 Å². The van der Waals surface area contributed by atoms with Crippen molar-refractivity contribution in [2.24, 2.45) is 5.73 Å². The summed E-state index contributed by atoms with van der Waals surface area (Å²) in [7, 11) is 3.77. The molecule has 112 valence electrons. The van der Waals surface area contributed by atoms with E-state index in [-0.39, 0.29) is 12.1 Å². The van der Waals surface area contributed by atoms with Crippen molar-refractivity contribution in [2.45, 2.75) is 25.6 Å². The summed E-state index contributed by atoms with van der Waals surface area (Å²) in [5, 5.41) is 0. The fourth-order valence-corrected chi connectivity index (χ4v) is 2.71. The molecule has 0 saturated carbocycles. The van der Waals surface area contributed by atoms with Gasteiger partial charge >= 0.3 is 0 Å². The molecule has 0 aliphatic heterocycles. The lowest BCUT2D eigenvalue weighted by Gasteiger charge is -2.32. The Kier molecular flexibility index (Phi) is 5.31. The molecule has 0 aliphatic rings. The van der Waals surface area contributed by atoms with Crippen molar-refractivity contribution in [3.8, 4) is 5.75 Å². The van der Waals surface area contributed by atoms with Crippen molar-refractivity contribution in [2.75, 3.05) is 14.2 Å². The van der Waals surface area contributed by atoms with E-state index in [2.05, 4.69) is 29.1 Å². The molecule has 1 aromatic heterocycles. The van der Waals surface area contributed by atoms with Crippen LogP contribution < -0.4 is 10.5 Å². The van der Waals surface area contributed by atoms with Crippen molar-refractivity contribution in [1.29, 1.82) is 0 Å². The molecule has 1 aromatic carbocycles. The van der Waals surface area contributed by atoms with E-state index in [0.717, 1.165) is 17.9 Å². The largest absolute Gasteiger partial charge is 0.496 e. The van der Waals surface area contributed by atoms with Crippen LogP contribution in [0.3, 0.4) is 0 Å². The van der Waals surface area contributed by atoms with Crippen LogP contribution in [0.4, 0.5) is 0 Å². The van der Waals surface area contributed by atoms with Crippen LogP contribution in [0.25, 0.3) is 0 Å². The highest BCUT2D eigenvalue weighted by Crippen LogP contribution is 2.31. The molecule has 0 bridgehead atoms. The van der Waals surface area contributed by atoms with Gasteiger partial charge in [0.15, 0.2) is 0 Å². The van der Waals surface area contributed by atoms with Crippen molar-refractivity contribution in [3.63, 3.8) is 0 Å². The molecule has 2 rings (SSSR count). The minimum atomic E-state index is -0.0111. The Hall–Kier alpha value is -1.91. The zero-order valence-electron chi connectivity index (χ0n) is 12.9. The monoisotopic (exact) mass is 285 g/mol. The summed E-state index contributed by atoms with van der Waals surface area (Å²) in [4.78, 5) is 6.40. The van der Waals surface area contributed by atoms with Gasteiger partial charge in [-0.1, -0.05) is 24.3 Å². The van der Waals surface area contributed by atoms with E-state index in [1.54, 1.807) is 13.3 Å². The molecule has 4 nitrogen and oxygen atoms in total. The Balaban J connectivity index is 2.26. The number of methoxy groups -OCH3 is 1. The SMILES string of the molecule is COc1ccccc1C(C(C)N)N(C)Cc1cccnc1. The third-order valence-electron chi connectivity index (χ3n) is 3.59. The normalized spacial score (nSPS) is 14.0. The number of ether oxygens (including phenoxy) is 1. The van der Waals surface area contributed by atoms with Gasteiger partial charge < -0.3 is 10.5 Å². The van der Waals surface area contributed by atoms with Crippen molar-refractivity contribution < 1.29 is 4.74 Å². The zero-order valence-corrected chi connectivity index (χ0v) is 12.9. The number of aromatic nitrogens is 1. The van der Waals surface area contributed by atoms with E-state index < -0.39 is 0 Å². The summed E-state index contributed by atoms with van der Waals surface area (Å²) in [6, 6.07) is 12.1. The summed E-state index contributed by atoms with van der Waals surface area (Å²) in [6.07, 6.45) is 3.67. The molecule has 2 N–H and O–H groups in total. The van der Waals surface area contributed by atoms with Gasteiger partial charge in [0.1, 0.15) is 5.75 Å². The van der Waals surface area contributed by atoms with E-state index >= 15 is 0 Å². The molecule has 2 aromatic rings. The number of nitrogens with zero attached hydrogens (tertiary/aromatic N) is 2. The number of hydrogen-bond donors (Lipinski definition) is 1. The van der Waals surface area contributed by atoms with Gasteiger partial charge in [-0.15, -0.1) is 0 Å². The van der Waals surface area contributed by atoms with Gasteiger partial charge in [-0.2, -0.15) is 0 Å². The van der Waals surface area contributed by atoms with Crippen LogP contribution in [0.15, 0.2) is 48.8 Å². The van der Waals surface area contributed by atoms with Crippen molar-refractivity contribution in [1.82, 2.24) is 9.88 Å². The Morgan fingerprint density at radius 2 is 2.00 bits per heavy atom. The Bertz CT molecular complexity index is 557. The van der Waals surface area contributed by atoms with Gasteiger partial charge in [0.2, 0.25) is 0 Å². The summed E-state index contributed by atoms with van der Waals surface area (Å²) in [5.41, 5.74) is 8.51. The fraction of sp³-hybridized carbons (Fsp3) is 0.353. The van der Waals surface area contributed by atoms with Gasteiger partial charge in [0, 0.05) is 30.5 Å². The predicted octanol–water partition coefficient (Wildman–Crippen LogP) is 2.61. The van der Waals surface area contributed by atoms with E-state index in [1.807, 2.05) is 37.4 Å². The van der Waals surface area contributed by atoms with Gasteiger partial charge in [-0.05, 0) is 31.7 Å². The number of nitrogens with two attached hydrogens (primary N) is 1. The minimum absolute atomic E-state index is 0.0111. The molecule has 2 atom stereocenters. The molecule has 0 fully saturated rings. The van der Waals surface area contributed by atoms with Gasteiger partial charge in [-0.3, -0.25) is 9.88 Å². The summed E-state index contributed by atoms with van der Waals surface area (Å²) >= 11 is 0. The molecular formula is C17H23N3O. The van der Waals surface area contributed by atoms with E-state index in [0.29, 0.717) is 0 Å². The Labute approximate surface area is 126 Å². The van der Waals surface area contributed by atoms with E-state index in [4.69, 9.17) is 10.5 Å². The second-order valence-corrected chi connectivity index (χ2v) is 5.32. The predicted molar refractivity (Wildman–Crippen MR) is 85.1 cm³/mol. The number of rotatable bonds is 6. The maximum Gasteiger partial charge on any atom is 0.123 e. The standard InChI is InChI=1S/C17H23N3O/c1-13(18)17(15-8-4-5-9-16(15)21-3)20(2)12-14-7-6-10-19-11-14/h4-11,13,17H,12,18H2,1-3H3. The second-order valence-electron chi connectivity index (χ2n) is 5.32. The lowest BCUT2D eigenvalue weighted by molar-refractivity contribution is 0.206. The molecular weight excluding hydrogens is 262 g/mol. The van der Waals surface area contributed by atoms with Crippen LogP contribution in [0.5, 0.6) is 5.75 Å². The van der Waals surface area contributed by atoms with Crippen molar-refractivity contribution >= 4 is 0 Å². The number of likely N-dealkylation sites (N-methyl/N-ethyl adjacent to an activating group) is 1. The summed E-state index contributed by atoms with van der Waals surface area (Å²) in [5.74, 6) is 0.873. The van der Waals surface area contributed by atoms with Crippen LogP contribution in [0.2, 0.25) is 0 Å². The van der Waals surface area contributed by atoms with Crippen LogP contribution >= 0.6 is 0 Å². The molecule has 1 heterocycles. The highest BCUT2D eigenvalue weighted by Gasteiger charge is 2.24. The number of benzene rings is 1. The molecule has 0 amide bonds. The second kappa shape index (κ2) is 7.20. The highest BCUT2D eigenvalue weighted by atomic mass is 16.5. The van der Waals surface area contributed by atoms with Crippen molar-refractivity contribution in [3.05, 3.63) is 59.9 Å². The zero-order chi connectivity index (χ0) is 15.2. The molecule has 4 heteroatoms. The van der Waals surface area contributed by atoms with Crippen LogP contribution in [0, 0.1) is 0 Å². The highest BCUT2D eigenvalue weighted by molar-refractivity contribution is 5.36. The molecule has 0 radical (unpaired) electrons. The average molecular weight is 285 g/mol. The molecule has 0 aliphatic carbocycles. The minimum Gasteiger partial charge on any atom is -0.496 e. The molecule has 0 saturated heterocycles. The molecule has 2 unspecified atom stereocenters. The first-order valence-corrected chi connectivity index (χ1v) is 7.11. The van der Waals surface area contributed by atoms with Crippen LogP contribution in [-0.4, -0.2) is 30.1 Å². The number of para-hydroxylation sites is 1. The molecule has 21 heavy (non-hydrogen) atoms. The van der Waals surface area contributed by atoms with Gasteiger partial charge in [-0.25, -0.2) is 0 Å². The van der Waals surface area contributed by atoms with Gasteiger partial charge in [0.25, 0.3) is 0 Å². The molecule has 0 spiro atoms. The number of hydrogen-bond acceptors (Lipinski definition) is 4. The third kappa shape index (κ3) is 3.80. The fourth-order valence-electron chi connectivity index (χ4n) is 2.71.